The van der Waals surface area contributed by atoms with E-state index in [1.54, 1.807) is 0 Å². The molecule has 2 aliphatic rings. The highest BCUT2D eigenvalue weighted by Gasteiger charge is 2.34. The van der Waals surface area contributed by atoms with Crippen LogP contribution in [0.1, 0.15) is 25.7 Å². The molecule has 0 amide bonds. The molecule has 1 aliphatic heterocycles. The average molecular weight is 124 g/mol. The van der Waals surface area contributed by atoms with Crippen LogP contribution in [0.5, 0.6) is 0 Å². The van der Waals surface area contributed by atoms with E-state index in [1.807, 2.05) is 0 Å². The maximum atomic E-state index is 5.49. The van der Waals surface area contributed by atoms with Crippen molar-refractivity contribution in [3.8, 4) is 0 Å². The molecule has 1 nitrogen and oxygen atoms in total. The summed E-state index contributed by atoms with van der Waals surface area (Å²) in [5.74, 6) is 1.85. The normalized spacial score (nSPS) is 40.7. The van der Waals surface area contributed by atoms with Crippen LogP contribution in [0.25, 0.3) is 0 Å². The summed E-state index contributed by atoms with van der Waals surface area (Å²) in [5, 5.41) is 0. The van der Waals surface area contributed by atoms with Crippen LogP contribution in [0.2, 0.25) is 0 Å². The van der Waals surface area contributed by atoms with E-state index in [-0.39, 0.29) is 0 Å². The van der Waals surface area contributed by atoms with Gasteiger partial charge in [-0.2, -0.15) is 0 Å². The molecule has 0 bridgehead atoms. The highest BCUT2D eigenvalue weighted by molar-refractivity contribution is 4.98. The highest BCUT2D eigenvalue weighted by atomic mass is 16.5. The summed E-state index contributed by atoms with van der Waals surface area (Å²) in [6.07, 6.45) is 5.68. The second-order valence-corrected chi connectivity index (χ2v) is 3.09. The monoisotopic (exact) mass is 124 g/mol. The van der Waals surface area contributed by atoms with Crippen LogP contribution in [0.4, 0.5) is 0 Å². The van der Waals surface area contributed by atoms with E-state index in [9.17, 15) is 0 Å². The van der Waals surface area contributed by atoms with E-state index in [2.05, 4.69) is 6.58 Å². The molecule has 0 aromatic carbocycles. The fourth-order valence-electron chi connectivity index (χ4n) is 1.95. The molecule has 2 unspecified atom stereocenters. The number of allylic oxidation sites excluding steroid dienone is 1. The molecule has 1 aliphatic carbocycles. The van der Waals surface area contributed by atoms with Crippen molar-refractivity contribution >= 4 is 0 Å². The van der Waals surface area contributed by atoms with Crippen LogP contribution in [0, 0.1) is 5.92 Å². The standard InChI is InChI=1S/C8H12O/c1-6-5-7-3-2-4-8(7)9-6/h7-8H,1-5H2. The van der Waals surface area contributed by atoms with Gasteiger partial charge in [-0.05, 0) is 19.3 Å². The predicted octanol–water partition coefficient (Wildman–Crippen LogP) is 2.09. The molecule has 1 heteroatoms. The van der Waals surface area contributed by atoms with Crippen molar-refractivity contribution in [2.45, 2.75) is 31.8 Å². The summed E-state index contributed by atoms with van der Waals surface area (Å²) in [7, 11) is 0. The summed E-state index contributed by atoms with van der Waals surface area (Å²) in [6, 6.07) is 0. The fraction of sp³-hybridized carbons (Fsp3) is 0.750. The average Bonchev–Trinajstić information content (AvgIpc) is 2.22. The molecular formula is C8H12O. The minimum absolute atomic E-state index is 0.553. The Kier molecular flexibility index (Phi) is 1.04. The van der Waals surface area contributed by atoms with E-state index in [0.717, 1.165) is 18.1 Å². The molecular weight excluding hydrogens is 112 g/mol. The van der Waals surface area contributed by atoms with Gasteiger partial charge in [-0.3, -0.25) is 0 Å². The number of hydrogen-bond acceptors (Lipinski definition) is 1. The Balaban J connectivity index is 2.09. The Morgan fingerprint density at radius 2 is 2.33 bits per heavy atom. The van der Waals surface area contributed by atoms with Gasteiger partial charge in [-0.25, -0.2) is 0 Å². The van der Waals surface area contributed by atoms with Crippen molar-refractivity contribution < 1.29 is 4.74 Å². The van der Waals surface area contributed by atoms with Crippen molar-refractivity contribution in [2.75, 3.05) is 0 Å². The third-order valence-corrected chi connectivity index (χ3v) is 2.40. The third kappa shape index (κ3) is 0.752. The Hall–Kier alpha value is -0.460. The van der Waals surface area contributed by atoms with Gasteiger partial charge < -0.3 is 4.74 Å². The van der Waals surface area contributed by atoms with Gasteiger partial charge in [-0.1, -0.05) is 6.58 Å². The minimum atomic E-state index is 0.553. The number of rotatable bonds is 0. The first-order chi connectivity index (χ1) is 4.36. The van der Waals surface area contributed by atoms with E-state index >= 15 is 0 Å². The number of ether oxygens (including phenoxy) is 1. The maximum absolute atomic E-state index is 5.49. The van der Waals surface area contributed by atoms with Crippen molar-refractivity contribution in [1.82, 2.24) is 0 Å². The predicted molar refractivity (Wildman–Crippen MR) is 36.0 cm³/mol. The lowest BCUT2D eigenvalue weighted by molar-refractivity contribution is 0.148. The van der Waals surface area contributed by atoms with Crippen LogP contribution >= 0.6 is 0 Å². The van der Waals surface area contributed by atoms with Crippen molar-refractivity contribution in [3.05, 3.63) is 12.3 Å². The molecule has 0 spiro atoms. The minimum Gasteiger partial charge on any atom is -0.495 e. The summed E-state index contributed by atoms with van der Waals surface area (Å²) >= 11 is 0. The summed E-state index contributed by atoms with van der Waals surface area (Å²) in [5.41, 5.74) is 0. The lowest BCUT2D eigenvalue weighted by Gasteiger charge is -2.05. The van der Waals surface area contributed by atoms with Gasteiger partial charge >= 0.3 is 0 Å². The molecule has 2 rings (SSSR count). The Morgan fingerprint density at radius 3 is 3.11 bits per heavy atom. The SMILES string of the molecule is C=C1CC2CCCC2O1. The lowest BCUT2D eigenvalue weighted by Crippen LogP contribution is -2.05. The molecule has 0 N–H and O–H groups in total. The maximum Gasteiger partial charge on any atom is 0.101 e. The zero-order valence-electron chi connectivity index (χ0n) is 5.60. The molecule has 0 radical (unpaired) electrons. The molecule has 2 fully saturated rings. The van der Waals surface area contributed by atoms with Gasteiger partial charge in [0, 0.05) is 12.3 Å². The van der Waals surface area contributed by atoms with Gasteiger partial charge in [-0.15, -0.1) is 0 Å². The fourth-order valence-corrected chi connectivity index (χ4v) is 1.95. The van der Waals surface area contributed by atoms with Crippen molar-refractivity contribution in [3.63, 3.8) is 0 Å². The largest absolute Gasteiger partial charge is 0.495 e. The molecule has 0 aromatic rings. The second kappa shape index (κ2) is 1.76. The first kappa shape index (κ1) is 5.33. The summed E-state index contributed by atoms with van der Waals surface area (Å²) in [4.78, 5) is 0. The van der Waals surface area contributed by atoms with Gasteiger partial charge in [0.25, 0.3) is 0 Å². The molecule has 9 heavy (non-hydrogen) atoms. The van der Waals surface area contributed by atoms with E-state index in [1.165, 1.54) is 19.3 Å². The Morgan fingerprint density at radius 1 is 1.44 bits per heavy atom. The van der Waals surface area contributed by atoms with Crippen LogP contribution < -0.4 is 0 Å². The number of hydrogen-bond donors (Lipinski definition) is 0. The molecule has 1 heterocycles. The van der Waals surface area contributed by atoms with Crippen LogP contribution in [0.3, 0.4) is 0 Å². The van der Waals surface area contributed by atoms with Crippen LogP contribution in [-0.4, -0.2) is 6.10 Å². The van der Waals surface area contributed by atoms with Crippen LogP contribution in [0.15, 0.2) is 12.3 Å². The Labute approximate surface area is 55.7 Å². The molecule has 50 valence electrons. The zero-order chi connectivity index (χ0) is 6.27. The summed E-state index contributed by atoms with van der Waals surface area (Å²) in [6.45, 7) is 3.81. The molecule has 1 saturated heterocycles. The van der Waals surface area contributed by atoms with Gasteiger partial charge in [0.15, 0.2) is 0 Å². The van der Waals surface area contributed by atoms with E-state index in [0.29, 0.717) is 6.10 Å². The quantitative estimate of drug-likeness (QED) is 0.480. The van der Waals surface area contributed by atoms with Gasteiger partial charge in [0.2, 0.25) is 0 Å². The van der Waals surface area contributed by atoms with Gasteiger partial charge in [0.05, 0.1) is 5.76 Å². The van der Waals surface area contributed by atoms with Crippen molar-refractivity contribution in [2.24, 2.45) is 5.92 Å². The zero-order valence-corrected chi connectivity index (χ0v) is 5.60. The van der Waals surface area contributed by atoms with E-state index in [4.69, 9.17) is 4.74 Å². The number of fused-ring (bicyclic) bond motifs is 1. The molecule has 2 atom stereocenters. The van der Waals surface area contributed by atoms with Crippen LogP contribution in [-0.2, 0) is 4.74 Å². The summed E-state index contributed by atoms with van der Waals surface area (Å²) < 4.78 is 5.49. The van der Waals surface area contributed by atoms with Gasteiger partial charge in [0.1, 0.15) is 6.10 Å². The highest BCUT2D eigenvalue weighted by Crippen LogP contribution is 2.39. The first-order valence-electron chi connectivity index (χ1n) is 3.71. The van der Waals surface area contributed by atoms with E-state index < -0.39 is 0 Å². The topological polar surface area (TPSA) is 9.23 Å². The third-order valence-electron chi connectivity index (χ3n) is 2.40. The molecule has 1 saturated carbocycles. The Bertz CT molecular complexity index is 126. The molecule has 0 aromatic heterocycles. The lowest BCUT2D eigenvalue weighted by atomic mass is 10.0. The van der Waals surface area contributed by atoms with Crippen molar-refractivity contribution in [1.29, 1.82) is 0 Å². The first-order valence-corrected chi connectivity index (χ1v) is 3.71. The smallest absolute Gasteiger partial charge is 0.101 e. The second-order valence-electron chi connectivity index (χ2n) is 3.09.